The van der Waals surface area contributed by atoms with Gasteiger partial charge >= 0.3 is 36.1 Å². The molecule has 2 aliphatic heterocycles. The summed E-state index contributed by atoms with van der Waals surface area (Å²) in [7, 11) is 0. The van der Waals surface area contributed by atoms with Gasteiger partial charge in [-0.2, -0.15) is 26.3 Å². The van der Waals surface area contributed by atoms with Gasteiger partial charge in [-0.05, 0) is 39.5 Å². The number of amides is 2. The standard InChI is InChI=1S/C24H32F6N2O8/c1-11-19(39-13(3)33)17(31-21(35)23(25,26)27)9-15(37-11)7-5-6-8-16-10-18(32-22(36)24(28,29)30)20(12(2)38-16)40-14(4)34/h5-6,11-12,15-20H,7-10H2,1-4H3,(H,31,35)(H,32,36)/b6-5+/t11-,12-,15-,16-,17?,18?,19-,20-/m0/s1. The Labute approximate surface area is 226 Å². The molecule has 228 valence electrons. The van der Waals surface area contributed by atoms with Crippen molar-refractivity contribution in [1.29, 1.82) is 0 Å². The average molecular weight is 591 g/mol. The molecule has 0 saturated carbocycles. The highest BCUT2D eigenvalue weighted by atomic mass is 19.4. The number of rotatable bonds is 8. The summed E-state index contributed by atoms with van der Waals surface area (Å²) in [4.78, 5) is 45.8. The Morgan fingerprint density at radius 2 is 1.05 bits per heavy atom. The van der Waals surface area contributed by atoms with Crippen LogP contribution in [0.1, 0.15) is 53.4 Å². The summed E-state index contributed by atoms with van der Waals surface area (Å²) in [5.74, 6) is -5.87. The summed E-state index contributed by atoms with van der Waals surface area (Å²) in [6, 6.07) is -2.34. The number of carbonyl (C=O) groups excluding carboxylic acids is 4. The number of hydrogen-bond acceptors (Lipinski definition) is 8. The minimum atomic E-state index is -5.14. The number of carbonyl (C=O) groups is 4. The van der Waals surface area contributed by atoms with Crippen LogP contribution in [0.2, 0.25) is 0 Å². The Kier molecular flexibility index (Phi) is 11.4. The molecule has 40 heavy (non-hydrogen) atoms. The van der Waals surface area contributed by atoms with Crippen LogP contribution in [0, 0.1) is 0 Å². The fourth-order valence-electron chi connectivity index (χ4n) is 4.68. The fraction of sp³-hybridized carbons (Fsp3) is 0.750. The molecule has 0 spiro atoms. The molecular weight excluding hydrogens is 558 g/mol. The third kappa shape index (κ3) is 9.94. The molecular formula is C24H32F6N2O8. The average Bonchev–Trinajstić information content (AvgIpc) is 2.79. The lowest BCUT2D eigenvalue weighted by Crippen LogP contribution is -2.58. The summed E-state index contributed by atoms with van der Waals surface area (Å²) >= 11 is 0. The van der Waals surface area contributed by atoms with Crippen LogP contribution in [0.5, 0.6) is 0 Å². The maximum Gasteiger partial charge on any atom is 0.471 e. The van der Waals surface area contributed by atoms with Gasteiger partial charge in [-0.15, -0.1) is 0 Å². The van der Waals surface area contributed by atoms with Crippen LogP contribution in [0.3, 0.4) is 0 Å². The zero-order valence-corrected chi connectivity index (χ0v) is 22.1. The van der Waals surface area contributed by atoms with Crippen LogP contribution in [-0.4, -0.2) is 84.8 Å². The molecule has 2 amide bonds. The molecule has 2 rings (SSSR count). The van der Waals surface area contributed by atoms with Gasteiger partial charge in [0.1, 0.15) is 12.2 Å². The lowest BCUT2D eigenvalue weighted by atomic mass is 9.93. The zero-order valence-electron chi connectivity index (χ0n) is 22.1. The van der Waals surface area contributed by atoms with E-state index in [0.717, 1.165) is 13.8 Å². The van der Waals surface area contributed by atoms with Crippen molar-refractivity contribution in [2.24, 2.45) is 0 Å². The molecule has 0 bridgehead atoms. The van der Waals surface area contributed by atoms with Gasteiger partial charge in [0.25, 0.3) is 0 Å². The molecule has 16 heteroatoms. The number of esters is 2. The first-order valence-electron chi connectivity index (χ1n) is 12.4. The molecule has 0 aromatic rings. The second-order valence-corrected chi connectivity index (χ2v) is 9.64. The van der Waals surface area contributed by atoms with E-state index in [0.29, 0.717) is 0 Å². The number of hydrogen-bond donors (Lipinski definition) is 2. The quantitative estimate of drug-likeness (QED) is 0.251. The maximum absolute atomic E-state index is 12.8. The van der Waals surface area contributed by atoms with Crippen LogP contribution in [0.15, 0.2) is 12.2 Å². The molecule has 2 N–H and O–H groups in total. The van der Waals surface area contributed by atoms with Crippen molar-refractivity contribution in [3.63, 3.8) is 0 Å². The number of ether oxygens (including phenoxy) is 4. The summed E-state index contributed by atoms with van der Waals surface area (Å²) in [5.41, 5.74) is 0. The van der Waals surface area contributed by atoms with E-state index in [9.17, 15) is 45.5 Å². The molecule has 0 aromatic heterocycles. The topological polar surface area (TPSA) is 129 Å². The molecule has 2 aliphatic rings. The van der Waals surface area contributed by atoms with Gasteiger partial charge in [-0.3, -0.25) is 19.2 Å². The SMILES string of the molecule is CC(=O)O[C@@H]1C(NC(=O)C(F)(F)F)C[C@H](C/C=C/C[C@H]2CC(NC(=O)C(F)(F)F)[C@@H](OC(C)=O)[C@H](C)O2)O[C@H]1C. The van der Waals surface area contributed by atoms with E-state index in [-0.39, 0.29) is 25.7 Å². The first-order valence-corrected chi connectivity index (χ1v) is 12.4. The second-order valence-electron chi connectivity index (χ2n) is 9.64. The Bertz CT molecular complexity index is 883. The third-order valence-electron chi connectivity index (χ3n) is 6.28. The Morgan fingerprint density at radius 1 is 0.725 bits per heavy atom. The Balaban J connectivity index is 2.02. The molecule has 2 heterocycles. The largest absolute Gasteiger partial charge is 0.471 e. The van der Waals surface area contributed by atoms with Crippen LogP contribution >= 0.6 is 0 Å². The minimum absolute atomic E-state index is 0.0962. The number of alkyl halides is 6. The van der Waals surface area contributed by atoms with Crippen molar-refractivity contribution >= 4 is 23.8 Å². The van der Waals surface area contributed by atoms with Crippen molar-refractivity contribution in [1.82, 2.24) is 10.6 Å². The number of halogens is 6. The fourth-order valence-corrected chi connectivity index (χ4v) is 4.68. The predicted octanol–water partition coefficient (Wildman–Crippen LogP) is 2.64. The smallest absolute Gasteiger partial charge is 0.458 e. The van der Waals surface area contributed by atoms with Gasteiger partial charge < -0.3 is 29.6 Å². The lowest BCUT2D eigenvalue weighted by Gasteiger charge is -2.40. The van der Waals surface area contributed by atoms with Crippen molar-refractivity contribution < 1.29 is 64.5 Å². The van der Waals surface area contributed by atoms with E-state index in [4.69, 9.17) is 18.9 Å². The summed E-state index contributed by atoms with van der Waals surface area (Å²) < 4.78 is 98.5. The molecule has 0 aromatic carbocycles. The van der Waals surface area contributed by atoms with Crippen molar-refractivity contribution in [3.8, 4) is 0 Å². The van der Waals surface area contributed by atoms with E-state index >= 15 is 0 Å². The van der Waals surface area contributed by atoms with Crippen LogP contribution in [-0.2, 0) is 38.1 Å². The van der Waals surface area contributed by atoms with Crippen molar-refractivity contribution in [3.05, 3.63) is 12.2 Å². The highest BCUT2D eigenvalue weighted by molar-refractivity contribution is 5.82. The van der Waals surface area contributed by atoms with Gasteiger partial charge in [0.05, 0.1) is 36.5 Å². The normalized spacial score (nSPS) is 31.4. The van der Waals surface area contributed by atoms with Gasteiger partial charge in [0.2, 0.25) is 0 Å². The van der Waals surface area contributed by atoms with Crippen molar-refractivity contribution in [2.45, 2.75) is 114 Å². The molecule has 2 fully saturated rings. The maximum atomic E-state index is 12.8. The molecule has 2 saturated heterocycles. The molecule has 8 atom stereocenters. The van der Waals surface area contributed by atoms with Gasteiger partial charge in [0, 0.05) is 13.8 Å². The van der Waals surface area contributed by atoms with Crippen molar-refractivity contribution in [2.75, 3.05) is 0 Å². The lowest BCUT2D eigenvalue weighted by molar-refractivity contribution is -0.185. The molecule has 0 aliphatic carbocycles. The summed E-state index contributed by atoms with van der Waals surface area (Å²) in [5, 5.41) is 3.71. The van der Waals surface area contributed by atoms with E-state index < -0.39 is 84.8 Å². The second kappa shape index (κ2) is 13.7. The molecule has 2 unspecified atom stereocenters. The Morgan fingerprint density at radius 3 is 1.32 bits per heavy atom. The first kappa shape index (κ1) is 33.3. The van der Waals surface area contributed by atoms with Gasteiger partial charge in [-0.25, -0.2) is 0 Å². The van der Waals surface area contributed by atoms with Crippen LogP contribution in [0.4, 0.5) is 26.3 Å². The van der Waals surface area contributed by atoms with Crippen LogP contribution in [0.25, 0.3) is 0 Å². The van der Waals surface area contributed by atoms with E-state index in [1.54, 1.807) is 12.2 Å². The monoisotopic (exact) mass is 590 g/mol. The molecule has 0 radical (unpaired) electrons. The minimum Gasteiger partial charge on any atom is -0.458 e. The first-order chi connectivity index (χ1) is 18.4. The van der Waals surface area contributed by atoms with E-state index in [1.807, 2.05) is 10.6 Å². The van der Waals surface area contributed by atoms with Gasteiger partial charge in [-0.1, -0.05) is 12.2 Å². The predicted molar refractivity (Wildman–Crippen MR) is 123 cm³/mol. The van der Waals surface area contributed by atoms with Gasteiger partial charge in [0.15, 0.2) is 0 Å². The zero-order chi connectivity index (χ0) is 30.4. The Hall–Kier alpha value is -2.88. The summed E-state index contributed by atoms with van der Waals surface area (Å²) in [6.45, 7) is 5.13. The van der Waals surface area contributed by atoms with E-state index in [2.05, 4.69) is 0 Å². The number of nitrogens with one attached hydrogen (secondary N) is 2. The van der Waals surface area contributed by atoms with Crippen LogP contribution < -0.4 is 10.6 Å². The highest BCUT2D eigenvalue weighted by Crippen LogP contribution is 2.29. The third-order valence-corrected chi connectivity index (χ3v) is 6.28. The highest BCUT2D eigenvalue weighted by Gasteiger charge is 2.46. The van der Waals surface area contributed by atoms with E-state index in [1.165, 1.54) is 13.8 Å². The summed E-state index contributed by atoms with van der Waals surface area (Å²) in [6.07, 6.45) is -12.1. The molecule has 10 nitrogen and oxygen atoms in total.